The zero-order valence-corrected chi connectivity index (χ0v) is 19.1. The van der Waals surface area contributed by atoms with Crippen molar-refractivity contribution in [2.75, 3.05) is 10.6 Å². The molecule has 162 valence electrons. The van der Waals surface area contributed by atoms with E-state index in [-0.39, 0.29) is 11.9 Å². The maximum Gasteiger partial charge on any atom is 0.321 e. The molecule has 4 aromatic rings. The van der Waals surface area contributed by atoms with Crippen LogP contribution in [0.4, 0.5) is 15.6 Å². The summed E-state index contributed by atoms with van der Waals surface area (Å²) in [5.41, 5.74) is 4.83. The average molecular weight is 465 g/mol. The summed E-state index contributed by atoms with van der Waals surface area (Å²) in [4.78, 5) is 29.4. The zero-order valence-electron chi connectivity index (χ0n) is 17.5. The standard InChI is InChI=1S/C24H21ClN4O2S/c1-14-6-3-4-8-17(14)13-26-23(31)29-24-27-19-11-10-16(12-20(19)32-24)22(30)28-21-15(2)7-5-9-18(21)25/h3-12H,13H2,1-2H3,(H,28,30)(H2,26,27,29,31). The lowest BCUT2D eigenvalue weighted by atomic mass is 10.1. The van der Waals surface area contributed by atoms with Gasteiger partial charge in [-0.15, -0.1) is 0 Å². The Hall–Kier alpha value is -3.42. The van der Waals surface area contributed by atoms with Crippen molar-refractivity contribution in [1.82, 2.24) is 10.3 Å². The molecule has 0 radical (unpaired) electrons. The fourth-order valence-corrected chi connectivity index (χ4v) is 4.39. The number of carbonyl (C=O) groups is 2. The Morgan fingerprint density at radius 3 is 2.53 bits per heavy atom. The first kappa shape index (κ1) is 21.8. The van der Waals surface area contributed by atoms with Crippen molar-refractivity contribution in [1.29, 1.82) is 0 Å². The first-order valence-corrected chi connectivity index (χ1v) is 11.2. The molecule has 0 fully saturated rings. The first-order valence-electron chi connectivity index (χ1n) is 9.97. The molecule has 1 heterocycles. The number of thiazole rings is 1. The lowest BCUT2D eigenvalue weighted by molar-refractivity contribution is 0.102. The molecule has 0 saturated carbocycles. The van der Waals surface area contributed by atoms with E-state index in [1.807, 2.05) is 50.2 Å². The van der Waals surface area contributed by atoms with Gasteiger partial charge in [-0.1, -0.05) is 59.3 Å². The van der Waals surface area contributed by atoms with Crippen molar-refractivity contribution in [3.8, 4) is 0 Å². The Bertz CT molecular complexity index is 1300. The molecular weight excluding hydrogens is 444 g/mol. The number of amides is 3. The number of fused-ring (bicyclic) bond motifs is 1. The maximum absolute atomic E-state index is 12.7. The number of hydrogen-bond donors (Lipinski definition) is 3. The minimum Gasteiger partial charge on any atom is -0.334 e. The van der Waals surface area contributed by atoms with Crippen LogP contribution in [0.1, 0.15) is 27.0 Å². The molecule has 0 aliphatic heterocycles. The summed E-state index contributed by atoms with van der Waals surface area (Å²) >= 11 is 7.52. The number of nitrogens with one attached hydrogen (secondary N) is 3. The second-order valence-corrected chi connectivity index (χ2v) is 8.76. The van der Waals surface area contributed by atoms with Crippen LogP contribution >= 0.6 is 22.9 Å². The number of hydrogen-bond acceptors (Lipinski definition) is 4. The average Bonchev–Trinajstić information content (AvgIpc) is 3.17. The molecule has 0 aliphatic rings. The number of carbonyl (C=O) groups excluding carboxylic acids is 2. The van der Waals surface area contributed by atoms with Gasteiger partial charge in [-0.2, -0.15) is 0 Å². The molecule has 3 amide bonds. The Balaban J connectivity index is 1.44. The van der Waals surface area contributed by atoms with Crippen LogP contribution in [0.3, 0.4) is 0 Å². The summed E-state index contributed by atoms with van der Waals surface area (Å²) in [6.07, 6.45) is 0. The summed E-state index contributed by atoms with van der Waals surface area (Å²) in [6, 6.07) is 18.2. The third-order valence-electron chi connectivity index (χ3n) is 5.03. The molecule has 0 bridgehead atoms. The van der Waals surface area contributed by atoms with E-state index in [4.69, 9.17) is 11.6 Å². The summed E-state index contributed by atoms with van der Waals surface area (Å²) in [5, 5.41) is 9.42. The number of rotatable bonds is 5. The highest BCUT2D eigenvalue weighted by Gasteiger charge is 2.13. The van der Waals surface area contributed by atoms with E-state index >= 15 is 0 Å². The fraction of sp³-hybridized carbons (Fsp3) is 0.125. The molecule has 0 saturated heterocycles. The number of urea groups is 1. The molecule has 8 heteroatoms. The fourth-order valence-electron chi connectivity index (χ4n) is 3.22. The van der Waals surface area contributed by atoms with E-state index in [0.717, 1.165) is 21.4 Å². The summed E-state index contributed by atoms with van der Waals surface area (Å²) in [5.74, 6) is -0.262. The molecule has 0 atom stereocenters. The van der Waals surface area contributed by atoms with Gasteiger partial charge in [-0.3, -0.25) is 10.1 Å². The zero-order chi connectivity index (χ0) is 22.7. The van der Waals surface area contributed by atoms with E-state index in [2.05, 4.69) is 20.9 Å². The van der Waals surface area contributed by atoms with Gasteiger partial charge in [0.15, 0.2) is 5.13 Å². The van der Waals surface area contributed by atoms with Crippen LogP contribution in [-0.2, 0) is 6.54 Å². The van der Waals surface area contributed by atoms with Crippen molar-refractivity contribution in [2.24, 2.45) is 0 Å². The van der Waals surface area contributed by atoms with Gasteiger partial charge in [-0.05, 0) is 54.8 Å². The Morgan fingerprint density at radius 1 is 0.969 bits per heavy atom. The largest absolute Gasteiger partial charge is 0.334 e. The van der Waals surface area contributed by atoms with E-state index in [9.17, 15) is 9.59 Å². The smallest absolute Gasteiger partial charge is 0.321 e. The maximum atomic E-state index is 12.7. The molecule has 0 aliphatic carbocycles. The van der Waals surface area contributed by atoms with Crippen molar-refractivity contribution in [3.63, 3.8) is 0 Å². The van der Waals surface area contributed by atoms with Gasteiger partial charge in [0.1, 0.15) is 0 Å². The van der Waals surface area contributed by atoms with Gasteiger partial charge >= 0.3 is 6.03 Å². The number of halogens is 1. The molecular formula is C24H21ClN4O2S. The van der Waals surface area contributed by atoms with Crippen molar-refractivity contribution in [2.45, 2.75) is 20.4 Å². The van der Waals surface area contributed by atoms with Gasteiger partial charge in [0, 0.05) is 12.1 Å². The Morgan fingerprint density at radius 2 is 1.75 bits per heavy atom. The van der Waals surface area contributed by atoms with Gasteiger partial charge in [0.25, 0.3) is 5.91 Å². The van der Waals surface area contributed by atoms with Crippen LogP contribution in [0.15, 0.2) is 60.7 Å². The summed E-state index contributed by atoms with van der Waals surface area (Å²) in [7, 11) is 0. The van der Waals surface area contributed by atoms with Gasteiger partial charge in [-0.25, -0.2) is 9.78 Å². The van der Waals surface area contributed by atoms with Crippen LogP contribution in [0, 0.1) is 13.8 Å². The molecule has 3 N–H and O–H groups in total. The predicted octanol–water partition coefficient (Wildman–Crippen LogP) is 6.14. The van der Waals surface area contributed by atoms with Crippen LogP contribution in [0.2, 0.25) is 5.02 Å². The predicted molar refractivity (Wildman–Crippen MR) is 131 cm³/mol. The molecule has 1 aromatic heterocycles. The molecule has 3 aromatic carbocycles. The molecule has 6 nitrogen and oxygen atoms in total. The third-order valence-corrected chi connectivity index (χ3v) is 6.28. The number of aryl methyl sites for hydroxylation is 2. The number of nitrogens with zero attached hydrogens (tertiary/aromatic N) is 1. The summed E-state index contributed by atoms with van der Waals surface area (Å²) in [6.45, 7) is 4.31. The third kappa shape index (κ3) is 4.90. The summed E-state index contributed by atoms with van der Waals surface area (Å²) < 4.78 is 0.794. The monoisotopic (exact) mass is 464 g/mol. The van der Waals surface area contributed by atoms with Crippen LogP contribution in [-0.4, -0.2) is 16.9 Å². The molecule has 32 heavy (non-hydrogen) atoms. The minimum absolute atomic E-state index is 0.262. The van der Waals surface area contributed by atoms with E-state index < -0.39 is 0 Å². The van der Waals surface area contributed by atoms with Crippen LogP contribution < -0.4 is 16.0 Å². The van der Waals surface area contributed by atoms with Gasteiger partial charge in [0.2, 0.25) is 0 Å². The number of aromatic nitrogens is 1. The number of benzene rings is 3. The molecule has 0 unspecified atom stereocenters. The number of anilines is 2. The Labute approximate surface area is 194 Å². The highest BCUT2D eigenvalue weighted by atomic mass is 35.5. The van der Waals surface area contributed by atoms with Gasteiger partial charge in [0.05, 0.1) is 20.9 Å². The normalized spacial score (nSPS) is 10.7. The van der Waals surface area contributed by atoms with Gasteiger partial charge < -0.3 is 10.6 Å². The highest BCUT2D eigenvalue weighted by Crippen LogP contribution is 2.29. The van der Waals surface area contributed by atoms with Crippen LogP contribution in [0.25, 0.3) is 10.2 Å². The van der Waals surface area contributed by atoms with E-state index in [0.29, 0.717) is 33.5 Å². The van der Waals surface area contributed by atoms with E-state index in [1.54, 1.807) is 24.3 Å². The Kier molecular flexibility index (Phi) is 6.39. The lowest BCUT2D eigenvalue weighted by Gasteiger charge is -2.10. The van der Waals surface area contributed by atoms with Crippen molar-refractivity contribution >= 4 is 55.9 Å². The minimum atomic E-state index is -0.334. The SMILES string of the molecule is Cc1ccccc1CNC(=O)Nc1nc2ccc(C(=O)Nc3c(C)cccc3Cl)cc2s1. The van der Waals surface area contributed by atoms with Crippen LogP contribution in [0.5, 0.6) is 0 Å². The second-order valence-electron chi connectivity index (χ2n) is 7.32. The number of para-hydroxylation sites is 1. The lowest BCUT2D eigenvalue weighted by Crippen LogP contribution is -2.28. The molecule has 4 rings (SSSR count). The second kappa shape index (κ2) is 9.38. The first-order chi connectivity index (χ1) is 15.4. The van der Waals surface area contributed by atoms with E-state index in [1.165, 1.54) is 11.3 Å². The van der Waals surface area contributed by atoms with Crippen molar-refractivity contribution in [3.05, 3.63) is 87.9 Å². The van der Waals surface area contributed by atoms with Crippen molar-refractivity contribution < 1.29 is 9.59 Å². The topological polar surface area (TPSA) is 83.1 Å². The molecule has 0 spiro atoms. The quantitative estimate of drug-likeness (QED) is 0.331. The highest BCUT2D eigenvalue weighted by molar-refractivity contribution is 7.22.